The SMILES string of the molecule is CCCn1c2ccc(C(C)=O)cc2c2cc([N+](=O)[O-])ccc21.CCCn1c2ccc(N)cc2c2cc(C(C)=O)ccc21.CCCn1c2ccc(NC(C)=O)cc2c2cc(C(C)=O)ccc21.CCCn1c2ccccc2c2cc(C(C)=O)ccc21. The summed E-state index contributed by atoms with van der Waals surface area (Å²) >= 11 is 0. The Morgan fingerprint density at radius 3 is 1.07 bits per heavy atom. The number of ketones is 4. The number of nitro groups is 1. The number of benzene rings is 8. The number of non-ortho nitro benzene ring substituents is 1. The molecule has 4 aromatic heterocycles. The van der Waals surface area contributed by atoms with Gasteiger partial charge in [0, 0.05) is 166 Å². The first-order valence-electron chi connectivity index (χ1n) is 28.8. The van der Waals surface area contributed by atoms with E-state index >= 15 is 0 Å². The number of hydrogen-bond acceptors (Lipinski definition) is 8. The lowest BCUT2D eigenvalue weighted by atomic mass is 10.1. The van der Waals surface area contributed by atoms with Crippen LogP contribution < -0.4 is 11.1 Å². The van der Waals surface area contributed by atoms with Gasteiger partial charge in [0.05, 0.1) is 4.92 Å². The van der Waals surface area contributed by atoms with Crippen molar-refractivity contribution in [2.24, 2.45) is 0 Å². The summed E-state index contributed by atoms with van der Waals surface area (Å²) in [7, 11) is 0. The van der Waals surface area contributed by atoms with Crippen molar-refractivity contribution in [2.45, 2.75) is 114 Å². The third kappa shape index (κ3) is 11.8. The molecule has 428 valence electrons. The number of Topliss-reactive ketones (excluding diaryl/α,β-unsaturated/α-hetero) is 4. The number of rotatable bonds is 14. The van der Waals surface area contributed by atoms with Gasteiger partial charge in [-0.15, -0.1) is 0 Å². The monoisotopic (exact) mass is 1120 g/mol. The molecule has 0 aliphatic heterocycles. The number of para-hydroxylation sites is 1. The molecule has 14 heteroatoms. The highest BCUT2D eigenvalue weighted by atomic mass is 16.6. The van der Waals surface area contributed by atoms with Crippen LogP contribution in [0.25, 0.3) is 87.2 Å². The number of nitrogens with zero attached hydrogens (tertiary/aromatic N) is 5. The first-order chi connectivity index (χ1) is 40.4. The fraction of sp³-hybridized carbons (Fsp3) is 0.243. The lowest BCUT2D eigenvalue weighted by molar-refractivity contribution is -0.384. The molecule has 0 unspecified atom stereocenters. The number of aryl methyl sites for hydroxylation is 4. The summed E-state index contributed by atoms with van der Waals surface area (Å²) in [5.74, 6) is 0.164. The number of nitrogen functional groups attached to an aromatic ring is 1. The van der Waals surface area contributed by atoms with E-state index in [0.29, 0.717) is 11.1 Å². The van der Waals surface area contributed by atoms with Crippen LogP contribution in [0.1, 0.15) is 129 Å². The van der Waals surface area contributed by atoms with Crippen LogP contribution in [0.2, 0.25) is 0 Å². The number of aromatic nitrogens is 4. The number of carbonyl (C=O) groups excluding carboxylic acids is 5. The van der Waals surface area contributed by atoms with E-state index in [1.165, 1.54) is 47.2 Å². The van der Waals surface area contributed by atoms with E-state index in [9.17, 15) is 34.1 Å². The van der Waals surface area contributed by atoms with Gasteiger partial charge in [0.2, 0.25) is 5.91 Å². The van der Waals surface area contributed by atoms with Gasteiger partial charge in [0.15, 0.2) is 23.1 Å². The second-order valence-electron chi connectivity index (χ2n) is 21.4. The first kappa shape index (κ1) is 58.9. The number of nitro benzene ring substituents is 1. The summed E-state index contributed by atoms with van der Waals surface area (Å²) in [6.07, 6.45) is 4.16. The van der Waals surface area contributed by atoms with E-state index in [4.69, 9.17) is 5.73 Å². The molecule has 0 aliphatic carbocycles. The molecule has 1 amide bonds. The molecule has 12 rings (SSSR count). The van der Waals surface area contributed by atoms with Crippen LogP contribution in [0.3, 0.4) is 0 Å². The third-order valence-electron chi connectivity index (χ3n) is 15.3. The van der Waals surface area contributed by atoms with Crippen molar-refractivity contribution in [1.29, 1.82) is 0 Å². The minimum absolute atomic E-state index is 0.0104. The van der Waals surface area contributed by atoms with E-state index in [1.807, 2.05) is 97.1 Å². The van der Waals surface area contributed by atoms with Gasteiger partial charge in [-0.3, -0.25) is 34.1 Å². The normalized spacial score (nSPS) is 11.2. The molecule has 4 heterocycles. The van der Waals surface area contributed by atoms with Gasteiger partial charge >= 0.3 is 0 Å². The standard InChI is InChI=1S/C19H20N2O2.C17H16N2O3.C17H18N2O.C17H17NO/c1-4-9-21-18-7-5-14(12(2)22)10-16(18)17-11-15(20-13(3)23)6-8-19(17)21;1-3-8-18-16-6-4-12(11(2)20)9-14(16)15-10-13(19(21)22)5-7-17(15)18;1-3-8-19-16-6-4-12(11(2)20)9-14(16)15-10-13(18)5-7-17(15)19;1-3-10-18-16-7-5-4-6-14(16)15-11-13(12(2)19)8-9-17(15)18/h5-8,10-11H,4,9H2,1-3H3,(H,20,23);4-7,9-10H,3,8H2,1-2H3;4-7,9-10H,3,8,18H2,1-2H3;4-9,11H,3,10H2,1-2H3. The predicted octanol–water partition coefficient (Wildman–Crippen LogP) is 17.1. The van der Waals surface area contributed by atoms with Crippen molar-refractivity contribution in [2.75, 3.05) is 11.1 Å². The minimum atomic E-state index is -0.392. The molecular weight excluding hydrogens is 1050 g/mol. The first-order valence-corrected chi connectivity index (χ1v) is 28.8. The number of anilines is 2. The number of amides is 1. The van der Waals surface area contributed by atoms with Crippen molar-refractivity contribution in [1.82, 2.24) is 18.3 Å². The summed E-state index contributed by atoms with van der Waals surface area (Å²) < 4.78 is 9.06. The number of nitrogens with one attached hydrogen (secondary N) is 1. The summed E-state index contributed by atoms with van der Waals surface area (Å²) in [6, 6.07) is 48.6. The van der Waals surface area contributed by atoms with Gasteiger partial charge in [-0.1, -0.05) is 45.9 Å². The van der Waals surface area contributed by atoms with E-state index in [1.54, 1.807) is 32.9 Å². The average molecular weight is 1120 g/mol. The number of carbonyl (C=O) groups is 5. The van der Waals surface area contributed by atoms with Crippen molar-refractivity contribution >= 4 is 133 Å². The third-order valence-corrected chi connectivity index (χ3v) is 15.3. The molecular formula is C70H71N7O7. The minimum Gasteiger partial charge on any atom is -0.399 e. The number of hydrogen-bond donors (Lipinski definition) is 2. The summed E-state index contributed by atoms with van der Waals surface area (Å²) in [5.41, 5.74) is 19.4. The summed E-state index contributed by atoms with van der Waals surface area (Å²) in [6.45, 7) is 20.1. The summed E-state index contributed by atoms with van der Waals surface area (Å²) in [4.78, 5) is 68.4. The lowest BCUT2D eigenvalue weighted by Crippen LogP contribution is -2.05. The van der Waals surface area contributed by atoms with Crippen LogP contribution in [0.5, 0.6) is 0 Å². The van der Waals surface area contributed by atoms with Gasteiger partial charge in [-0.25, -0.2) is 0 Å². The largest absolute Gasteiger partial charge is 0.399 e. The maximum atomic E-state index is 11.7. The quantitative estimate of drug-likeness (QED) is 0.0466. The van der Waals surface area contributed by atoms with E-state index in [-0.39, 0.29) is 34.7 Å². The maximum Gasteiger partial charge on any atom is 0.270 e. The van der Waals surface area contributed by atoms with Crippen LogP contribution in [0, 0.1) is 10.1 Å². The Hall–Kier alpha value is -9.69. The fourth-order valence-electron chi connectivity index (χ4n) is 11.5. The molecule has 3 N–H and O–H groups in total. The Balaban J connectivity index is 0.000000135. The average Bonchev–Trinajstić information content (AvgIpc) is 1.99. The summed E-state index contributed by atoms with van der Waals surface area (Å²) in [5, 5.41) is 22.3. The Labute approximate surface area is 487 Å². The zero-order valence-corrected chi connectivity index (χ0v) is 49.3. The molecule has 0 fully saturated rings. The second kappa shape index (κ2) is 25.2. The van der Waals surface area contributed by atoms with E-state index < -0.39 is 4.92 Å². The van der Waals surface area contributed by atoms with Crippen molar-refractivity contribution in [3.8, 4) is 0 Å². The predicted molar refractivity (Wildman–Crippen MR) is 344 cm³/mol. The Morgan fingerprint density at radius 2 is 0.702 bits per heavy atom. The van der Waals surface area contributed by atoms with Gasteiger partial charge in [-0.2, -0.15) is 0 Å². The van der Waals surface area contributed by atoms with E-state index in [2.05, 4.69) is 87.7 Å². The van der Waals surface area contributed by atoms with Gasteiger partial charge in [0.25, 0.3) is 5.69 Å². The second-order valence-corrected chi connectivity index (χ2v) is 21.4. The molecule has 0 radical (unpaired) electrons. The Bertz CT molecular complexity index is 4500. The molecule has 0 saturated carbocycles. The van der Waals surface area contributed by atoms with Gasteiger partial charge in [0.1, 0.15) is 0 Å². The van der Waals surface area contributed by atoms with Crippen LogP contribution in [0.4, 0.5) is 17.1 Å². The molecule has 0 atom stereocenters. The Morgan fingerprint density at radius 1 is 0.393 bits per heavy atom. The van der Waals surface area contributed by atoms with Crippen LogP contribution >= 0.6 is 0 Å². The molecule has 14 nitrogen and oxygen atoms in total. The topological polar surface area (TPSA) is 186 Å². The van der Waals surface area contributed by atoms with Crippen LogP contribution in [0.15, 0.2) is 152 Å². The highest BCUT2D eigenvalue weighted by molar-refractivity contribution is 6.15. The number of fused-ring (bicyclic) bond motifs is 12. The number of nitrogens with two attached hydrogens (primary N) is 1. The van der Waals surface area contributed by atoms with Gasteiger partial charge in [-0.05, 0) is 175 Å². The van der Waals surface area contributed by atoms with Gasteiger partial charge < -0.3 is 29.3 Å². The fourth-order valence-corrected chi connectivity index (χ4v) is 11.5. The maximum absolute atomic E-state index is 11.7. The van der Waals surface area contributed by atoms with Crippen LogP contribution in [-0.4, -0.2) is 52.2 Å². The molecule has 0 saturated heterocycles. The van der Waals surface area contributed by atoms with Crippen molar-refractivity contribution in [3.63, 3.8) is 0 Å². The van der Waals surface area contributed by atoms with E-state index in [0.717, 1.165) is 134 Å². The molecule has 12 aromatic rings. The van der Waals surface area contributed by atoms with Crippen LogP contribution in [-0.2, 0) is 31.0 Å². The molecule has 0 bridgehead atoms. The lowest BCUT2D eigenvalue weighted by Gasteiger charge is -2.06. The molecule has 84 heavy (non-hydrogen) atoms. The highest BCUT2D eigenvalue weighted by Gasteiger charge is 2.18. The molecule has 8 aromatic carbocycles. The van der Waals surface area contributed by atoms with Crippen molar-refractivity contribution < 1.29 is 28.9 Å². The highest BCUT2D eigenvalue weighted by Crippen LogP contribution is 2.36. The van der Waals surface area contributed by atoms with Crippen molar-refractivity contribution in [3.05, 3.63) is 184 Å². The zero-order valence-electron chi connectivity index (χ0n) is 49.3. The molecule has 0 spiro atoms. The molecule has 0 aliphatic rings. The smallest absolute Gasteiger partial charge is 0.270 e. The zero-order chi connectivity index (χ0) is 60.1. The Kier molecular flexibility index (Phi) is 17.7.